The van der Waals surface area contributed by atoms with E-state index < -0.39 is 6.10 Å². The van der Waals surface area contributed by atoms with Crippen molar-refractivity contribution in [3.05, 3.63) is 78.6 Å². The van der Waals surface area contributed by atoms with Gasteiger partial charge in [-0.25, -0.2) is 4.98 Å². The second-order valence-electron chi connectivity index (χ2n) is 8.31. The molecule has 2 N–H and O–H groups in total. The summed E-state index contributed by atoms with van der Waals surface area (Å²) in [7, 11) is 1.81. The van der Waals surface area contributed by atoms with E-state index in [2.05, 4.69) is 32.3 Å². The molecule has 2 fully saturated rings. The van der Waals surface area contributed by atoms with Crippen LogP contribution in [0.15, 0.2) is 67.4 Å². The Morgan fingerprint density at radius 3 is 2.67 bits per heavy atom. The molecule has 1 aliphatic carbocycles. The van der Waals surface area contributed by atoms with Crippen LogP contribution in [-0.2, 0) is 7.05 Å². The summed E-state index contributed by atoms with van der Waals surface area (Å²) in [6.07, 6.45) is 6.28. The number of imidazole rings is 1. The molecular formula is C23H25N5O2. The maximum atomic E-state index is 12.6. The number of amides is 1. The highest BCUT2D eigenvalue weighted by molar-refractivity contribution is 5.92. The molecule has 1 aromatic carbocycles. The molecule has 2 aromatic heterocycles. The maximum absolute atomic E-state index is 12.6. The molecule has 1 aliphatic heterocycles. The van der Waals surface area contributed by atoms with Gasteiger partial charge in [-0.1, -0.05) is 30.3 Å². The van der Waals surface area contributed by atoms with Crippen LogP contribution < -0.4 is 10.2 Å². The first-order valence-corrected chi connectivity index (χ1v) is 10.2. The molecule has 2 aliphatic rings. The van der Waals surface area contributed by atoms with Gasteiger partial charge in [0.05, 0.1) is 18.6 Å². The highest BCUT2D eigenvalue weighted by Crippen LogP contribution is 2.68. The maximum Gasteiger partial charge on any atom is 0.269 e. The fourth-order valence-electron chi connectivity index (χ4n) is 5.22. The van der Waals surface area contributed by atoms with Gasteiger partial charge in [0.2, 0.25) is 0 Å². The number of nitrogens with zero attached hydrogens (tertiary/aromatic N) is 4. The minimum absolute atomic E-state index is 0.137. The van der Waals surface area contributed by atoms with Crippen LogP contribution in [0.3, 0.4) is 0 Å². The van der Waals surface area contributed by atoms with Gasteiger partial charge in [0.15, 0.2) is 0 Å². The molecule has 30 heavy (non-hydrogen) atoms. The van der Waals surface area contributed by atoms with E-state index in [9.17, 15) is 9.90 Å². The van der Waals surface area contributed by atoms with Gasteiger partial charge in [0, 0.05) is 50.2 Å². The minimum atomic E-state index is -0.463. The lowest BCUT2D eigenvalue weighted by molar-refractivity contribution is 0.0931. The molecule has 3 aromatic rings. The van der Waals surface area contributed by atoms with E-state index >= 15 is 0 Å². The quantitative estimate of drug-likeness (QED) is 0.679. The second-order valence-corrected chi connectivity index (χ2v) is 8.31. The van der Waals surface area contributed by atoms with Crippen molar-refractivity contribution >= 4 is 11.6 Å². The van der Waals surface area contributed by atoms with Crippen LogP contribution in [0.5, 0.6) is 0 Å². The molecule has 1 amide bonds. The number of carbonyl (C=O) groups is 1. The number of anilines is 1. The van der Waals surface area contributed by atoms with Crippen molar-refractivity contribution in [1.82, 2.24) is 19.9 Å². The topological polar surface area (TPSA) is 83.3 Å². The molecule has 4 atom stereocenters. The molecule has 154 valence electrons. The van der Waals surface area contributed by atoms with Crippen LogP contribution in [0.4, 0.5) is 5.69 Å². The summed E-state index contributed by atoms with van der Waals surface area (Å²) < 4.78 is 1.71. The molecule has 5 rings (SSSR count). The van der Waals surface area contributed by atoms with E-state index in [0.717, 1.165) is 12.2 Å². The lowest BCUT2D eigenvalue weighted by Crippen LogP contribution is -2.31. The van der Waals surface area contributed by atoms with Gasteiger partial charge in [-0.05, 0) is 29.5 Å². The summed E-state index contributed by atoms with van der Waals surface area (Å²) in [4.78, 5) is 23.0. The molecular weight excluding hydrogens is 378 g/mol. The van der Waals surface area contributed by atoms with E-state index in [4.69, 9.17) is 0 Å². The third-order valence-corrected chi connectivity index (χ3v) is 6.76. The molecule has 0 bridgehead atoms. The molecule has 0 radical (unpaired) electrons. The summed E-state index contributed by atoms with van der Waals surface area (Å²) in [5.41, 5.74) is 2.54. The van der Waals surface area contributed by atoms with E-state index in [1.165, 1.54) is 5.56 Å². The summed E-state index contributed by atoms with van der Waals surface area (Å²) in [6, 6.07) is 14.3. The number of benzene rings is 1. The van der Waals surface area contributed by atoms with Gasteiger partial charge in [-0.15, -0.1) is 0 Å². The van der Waals surface area contributed by atoms with Crippen LogP contribution in [0.25, 0.3) is 0 Å². The van der Waals surface area contributed by atoms with Gasteiger partial charge < -0.3 is 19.9 Å². The Balaban J connectivity index is 1.39. The number of aromatic nitrogens is 3. The highest BCUT2D eigenvalue weighted by Gasteiger charge is 2.71. The standard InChI is InChI=1S/C23H25N5O2/c1-27-15-25-12-19(27)22(30)26-11-18-21(16-5-3-2-4-6-16)23(18)14-28(13-20(23)29)17-7-9-24-10-8-17/h2-10,12,15,18,20-21,29H,11,13-14H2,1H3,(H,26,30)/t18-,20+,21-,23-/m1/s1. The summed E-state index contributed by atoms with van der Waals surface area (Å²) in [6.45, 7) is 1.86. The monoisotopic (exact) mass is 403 g/mol. The predicted molar refractivity (Wildman–Crippen MR) is 113 cm³/mol. The zero-order valence-electron chi connectivity index (χ0n) is 16.8. The number of carbonyl (C=O) groups excluding carboxylic acids is 1. The number of rotatable bonds is 5. The third-order valence-electron chi connectivity index (χ3n) is 6.76. The third kappa shape index (κ3) is 2.97. The number of nitrogens with one attached hydrogen (secondary N) is 1. The van der Waals surface area contributed by atoms with Crippen LogP contribution in [-0.4, -0.2) is 51.3 Å². The first-order chi connectivity index (χ1) is 14.6. The number of pyridine rings is 1. The van der Waals surface area contributed by atoms with Crippen LogP contribution in [0.2, 0.25) is 0 Å². The number of aliphatic hydroxyl groups excluding tert-OH is 1. The first-order valence-electron chi connectivity index (χ1n) is 10.2. The lowest BCUT2D eigenvalue weighted by atomic mass is 9.95. The first kappa shape index (κ1) is 18.8. The zero-order chi connectivity index (χ0) is 20.7. The van der Waals surface area contributed by atoms with E-state index in [1.807, 2.05) is 30.3 Å². The second kappa shape index (κ2) is 7.25. The van der Waals surface area contributed by atoms with Crippen molar-refractivity contribution in [3.63, 3.8) is 0 Å². The lowest BCUT2D eigenvalue weighted by Gasteiger charge is -2.18. The molecule has 1 saturated carbocycles. The van der Waals surface area contributed by atoms with Crippen molar-refractivity contribution in [3.8, 4) is 0 Å². The van der Waals surface area contributed by atoms with Crippen molar-refractivity contribution < 1.29 is 9.90 Å². The molecule has 1 spiro atoms. The summed E-state index contributed by atoms with van der Waals surface area (Å²) in [5, 5.41) is 14.2. The van der Waals surface area contributed by atoms with Crippen molar-refractivity contribution in [2.24, 2.45) is 18.4 Å². The molecule has 3 heterocycles. The SMILES string of the molecule is Cn1cncc1C(=O)NC[C@@H]1[C@@H](c2ccccc2)[C@]12CN(c1ccncc1)C[C@@H]2O. The van der Waals surface area contributed by atoms with Gasteiger partial charge in [-0.2, -0.15) is 0 Å². The molecule has 1 saturated heterocycles. The van der Waals surface area contributed by atoms with Crippen LogP contribution >= 0.6 is 0 Å². The normalized spacial score (nSPS) is 27.4. The molecule has 0 unspecified atom stereocenters. The Morgan fingerprint density at radius 1 is 1.20 bits per heavy atom. The number of aliphatic hydroxyl groups is 1. The number of hydrogen-bond donors (Lipinski definition) is 2. The fourth-order valence-corrected chi connectivity index (χ4v) is 5.22. The summed E-state index contributed by atoms with van der Waals surface area (Å²) >= 11 is 0. The molecule has 7 heteroatoms. The van der Waals surface area contributed by atoms with Crippen molar-refractivity contribution in [1.29, 1.82) is 0 Å². The van der Waals surface area contributed by atoms with Crippen LogP contribution in [0.1, 0.15) is 22.0 Å². The van der Waals surface area contributed by atoms with Crippen molar-refractivity contribution in [2.75, 3.05) is 24.5 Å². The Labute approximate surface area is 175 Å². The fraction of sp³-hybridized carbons (Fsp3) is 0.348. The summed E-state index contributed by atoms with van der Waals surface area (Å²) in [5.74, 6) is 0.230. The predicted octanol–water partition coefficient (Wildman–Crippen LogP) is 1.83. The smallest absolute Gasteiger partial charge is 0.269 e. The van der Waals surface area contributed by atoms with E-state index in [0.29, 0.717) is 18.8 Å². The Bertz CT molecular complexity index is 1040. The largest absolute Gasteiger partial charge is 0.391 e. The number of hydrogen-bond acceptors (Lipinski definition) is 5. The average molecular weight is 403 g/mol. The number of aryl methyl sites for hydroxylation is 1. The zero-order valence-corrected chi connectivity index (χ0v) is 16.8. The minimum Gasteiger partial charge on any atom is -0.391 e. The van der Waals surface area contributed by atoms with E-state index in [-0.39, 0.29) is 23.2 Å². The van der Waals surface area contributed by atoms with Gasteiger partial charge in [-0.3, -0.25) is 9.78 Å². The molecule has 7 nitrogen and oxygen atoms in total. The van der Waals surface area contributed by atoms with Gasteiger partial charge >= 0.3 is 0 Å². The number of β-amino-alcohol motifs (C(OH)–C–C–N with tert-alkyl or cyclic N) is 1. The van der Waals surface area contributed by atoms with E-state index in [1.54, 1.807) is 36.5 Å². The average Bonchev–Trinajstić information content (AvgIpc) is 3.00. The Hall–Kier alpha value is -3.19. The van der Waals surface area contributed by atoms with Crippen molar-refractivity contribution in [2.45, 2.75) is 12.0 Å². The van der Waals surface area contributed by atoms with Gasteiger partial charge in [0.25, 0.3) is 5.91 Å². The Morgan fingerprint density at radius 2 is 1.97 bits per heavy atom. The van der Waals surface area contributed by atoms with Crippen LogP contribution in [0, 0.1) is 11.3 Å². The highest BCUT2D eigenvalue weighted by atomic mass is 16.3. The van der Waals surface area contributed by atoms with Gasteiger partial charge in [0.1, 0.15) is 5.69 Å². The Kier molecular flexibility index (Phi) is 4.55.